The minimum Gasteiger partial charge on any atom is -0.299 e. The van der Waals surface area contributed by atoms with Crippen molar-refractivity contribution >= 4 is 51.7 Å². The lowest BCUT2D eigenvalue weighted by Gasteiger charge is -2.21. The van der Waals surface area contributed by atoms with Crippen LogP contribution in [-0.4, -0.2) is 6.29 Å². The number of hydrogen-bond acceptors (Lipinski definition) is 1. The summed E-state index contributed by atoms with van der Waals surface area (Å²) < 4.78 is 0. The molecule has 0 N–H and O–H groups in total. The molecule has 3 rings (SSSR count). The van der Waals surface area contributed by atoms with Gasteiger partial charge in [-0.3, -0.25) is 4.79 Å². The second-order valence-corrected chi connectivity index (χ2v) is 9.03. The molecule has 0 atom stereocenters. The third-order valence-corrected chi connectivity index (χ3v) is 6.89. The Morgan fingerprint density at radius 1 is 0.853 bits per heavy atom. The Labute approximate surface area is 213 Å². The Hall–Kier alpha value is -2.87. The number of halogens is 2. The predicted octanol–water partition coefficient (Wildman–Crippen LogP) is 9.55. The zero-order chi connectivity index (χ0) is 24.7. The number of aryl methyl sites for hydroxylation is 2. The van der Waals surface area contributed by atoms with Crippen molar-refractivity contribution < 1.29 is 4.79 Å². The largest absolute Gasteiger partial charge is 0.299 e. The predicted molar refractivity (Wildman–Crippen MR) is 149 cm³/mol. The highest BCUT2D eigenvalue weighted by molar-refractivity contribution is 6.50. The van der Waals surface area contributed by atoms with E-state index in [1.54, 1.807) is 6.08 Å². The summed E-state index contributed by atoms with van der Waals surface area (Å²) in [6.45, 7) is 8.45. The summed E-state index contributed by atoms with van der Waals surface area (Å²) in [5.41, 5.74) is 9.93. The highest BCUT2D eigenvalue weighted by atomic mass is 35.5. The van der Waals surface area contributed by atoms with Crippen LogP contribution in [0.15, 0.2) is 78.4 Å². The number of hydrogen-bond donors (Lipinski definition) is 0. The van der Waals surface area contributed by atoms with Crippen molar-refractivity contribution in [3.05, 3.63) is 117 Å². The summed E-state index contributed by atoms with van der Waals surface area (Å²) in [5.74, 6) is 0. The van der Waals surface area contributed by atoms with Gasteiger partial charge in [0.1, 0.15) is 6.29 Å². The van der Waals surface area contributed by atoms with Crippen molar-refractivity contribution in [2.45, 2.75) is 40.5 Å². The van der Waals surface area contributed by atoms with Gasteiger partial charge in [-0.15, -0.1) is 0 Å². The molecule has 0 aliphatic rings. The molecule has 0 radical (unpaired) electrons. The lowest BCUT2D eigenvalue weighted by atomic mass is 9.85. The molecular weight excluding hydrogens is 459 g/mol. The molecule has 0 saturated carbocycles. The Kier molecular flexibility index (Phi) is 9.10. The van der Waals surface area contributed by atoms with E-state index in [0.717, 1.165) is 73.7 Å². The van der Waals surface area contributed by atoms with Gasteiger partial charge in [-0.05, 0) is 88.9 Å². The Morgan fingerprint density at radius 3 is 2.12 bits per heavy atom. The maximum absolute atomic E-state index is 10.7. The van der Waals surface area contributed by atoms with Crippen LogP contribution in [-0.2, 0) is 4.79 Å². The Bertz CT molecular complexity index is 1260. The first-order valence-corrected chi connectivity index (χ1v) is 12.3. The molecule has 3 aromatic rings. The average molecular weight is 489 g/mol. The topological polar surface area (TPSA) is 17.1 Å². The number of carbonyl (C=O) groups excluding carboxylic acids is 1. The van der Waals surface area contributed by atoms with Crippen LogP contribution in [0.1, 0.15) is 60.1 Å². The molecule has 0 aliphatic carbocycles. The summed E-state index contributed by atoms with van der Waals surface area (Å²) in [6, 6.07) is 22.7. The van der Waals surface area contributed by atoms with Crippen LogP contribution in [0.4, 0.5) is 0 Å². The highest BCUT2D eigenvalue weighted by Gasteiger charge is 2.19. The number of benzene rings is 3. The summed E-state index contributed by atoms with van der Waals surface area (Å²) in [5, 5.41) is 1.54. The molecule has 0 spiro atoms. The fourth-order valence-electron chi connectivity index (χ4n) is 4.22. The normalized spacial score (nSPS) is 13.0. The van der Waals surface area contributed by atoms with Gasteiger partial charge in [-0.1, -0.05) is 104 Å². The van der Waals surface area contributed by atoms with Crippen LogP contribution in [0.5, 0.6) is 0 Å². The van der Waals surface area contributed by atoms with Crippen molar-refractivity contribution in [2.75, 3.05) is 0 Å². The van der Waals surface area contributed by atoms with Gasteiger partial charge >= 0.3 is 0 Å². The lowest BCUT2D eigenvalue weighted by molar-refractivity contribution is -0.104. The van der Waals surface area contributed by atoms with E-state index in [1.807, 2.05) is 37.3 Å². The summed E-state index contributed by atoms with van der Waals surface area (Å²) in [7, 11) is 0. The van der Waals surface area contributed by atoms with E-state index in [-0.39, 0.29) is 0 Å². The zero-order valence-corrected chi connectivity index (χ0v) is 21.7. The van der Waals surface area contributed by atoms with Crippen molar-refractivity contribution in [3.8, 4) is 0 Å². The Balaban J connectivity index is 2.34. The fourth-order valence-corrected chi connectivity index (χ4v) is 4.78. The third kappa shape index (κ3) is 5.78. The molecule has 174 valence electrons. The maximum atomic E-state index is 10.7. The Morgan fingerprint density at radius 2 is 1.53 bits per heavy atom. The molecule has 0 saturated heterocycles. The highest BCUT2D eigenvalue weighted by Crippen LogP contribution is 2.41. The van der Waals surface area contributed by atoms with E-state index in [2.05, 4.69) is 57.2 Å². The van der Waals surface area contributed by atoms with Gasteiger partial charge in [0.15, 0.2) is 0 Å². The van der Waals surface area contributed by atoms with Crippen LogP contribution in [0.25, 0.3) is 22.3 Å². The quantitative estimate of drug-likeness (QED) is 0.133. The lowest BCUT2D eigenvalue weighted by Crippen LogP contribution is -1.99. The van der Waals surface area contributed by atoms with Crippen molar-refractivity contribution in [1.29, 1.82) is 0 Å². The molecule has 0 aliphatic heterocycles. The first kappa shape index (κ1) is 25.7. The van der Waals surface area contributed by atoms with Crippen molar-refractivity contribution in [3.63, 3.8) is 0 Å². The minimum absolute atomic E-state index is 0.760. The molecule has 3 heteroatoms. The molecule has 0 unspecified atom stereocenters. The van der Waals surface area contributed by atoms with Gasteiger partial charge in [0.25, 0.3) is 0 Å². The van der Waals surface area contributed by atoms with Gasteiger partial charge in [0.05, 0.1) is 5.03 Å². The SMILES string of the molecule is CCC(=C(/Cl)c1ccccc1C)/C(=C(\CC)c1ccc(Cl)c(C)c1)c1ccc(/C=C/C=O)cc1. The van der Waals surface area contributed by atoms with E-state index in [1.165, 1.54) is 11.6 Å². The molecule has 0 heterocycles. The van der Waals surface area contributed by atoms with E-state index in [4.69, 9.17) is 23.2 Å². The number of allylic oxidation sites excluding steroid dienone is 4. The summed E-state index contributed by atoms with van der Waals surface area (Å²) in [6.07, 6.45) is 5.72. The second-order valence-electron chi connectivity index (χ2n) is 8.25. The molecule has 0 amide bonds. The van der Waals surface area contributed by atoms with Crippen LogP contribution >= 0.6 is 23.2 Å². The average Bonchev–Trinajstić information content (AvgIpc) is 2.85. The molecular formula is C31H30Cl2O. The first-order chi connectivity index (χ1) is 16.4. The van der Waals surface area contributed by atoms with E-state index in [0.29, 0.717) is 0 Å². The maximum Gasteiger partial charge on any atom is 0.142 e. The van der Waals surface area contributed by atoms with Gasteiger partial charge in [0, 0.05) is 5.02 Å². The van der Waals surface area contributed by atoms with Crippen LogP contribution in [0.3, 0.4) is 0 Å². The second kappa shape index (κ2) is 12.0. The third-order valence-electron chi connectivity index (χ3n) is 6.03. The molecule has 0 fully saturated rings. The van der Waals surface area contributed by atoms with E-state index >= 15 is 0 Å². The fraction of sp³-hybridized carbons (Fsp3) is 0.194. The van der Waals surface area contributed by atoms with Gasteiger partial charge < -0.3 is 0 Å². The standard InChI is InChI=1S/C31H30Cl2O/c1-5-26(25-17-18-29(32)22(4)20-25)30(24-15-13-23(14-16-24)11-9-19-34)27(6-2)31(33)28-12-8-7-10-21(28)3/h7-20H,5-6H2,1-4H3/b11-9+,30-26+,31-27-. The summed E-state index contributed by atoms with van der Waals surface area (Å²) >= 11 is 13.5. The zero-order valence-electron chi connectivity index (χ0n) is 20.2. The van der Waals surface area contributed by atoms with Crippen LogP contribution < -0.4 is 0 Å². The molecule has 34 heavy (non-hydrogen) atoms. The van der Waals surface area contributed by atoms with E-state index in [9.17, 15) is 4.79 Å². The smallest absolute Gasteiger partial charge is 0.142 e. The number of aldehydes is 1. The number of carbonyl (C=O) groups is 1. The van der Waals surface area contributed by atoms with Crippen LogP contribution in [0, 0.1) is 13.8 Å². The molecule has 3 aromatic carbocycles. The summed E-state index contributed by atoms with van der Waals surface area (Å²) in [4.78, 5) is 10.7. The van der Waals surface area contributed by atoms with Gasteiger partial charge in [-0.2, -0.15) is 0 Å². The minimum atomic E-state index is 0.760. The van der Waals surface area contributed by atoms with E-state index < -0.39 is 0 Å². The van der Waals surface area contributed by atoms with Crippen molar-refractivity contribution in [2.24, 2.45) is 0 Å². The van der Waals surface area contributed by atoms with Crippen molar-refractivity contribution in [1.82, 2.24) is 0 Å². The molecule has 1 nitrogen and oxygen atoms in total. The molecule has 0 aromatic heterocycles. The van der Waals surface area contributed by atoms with Gasteiger partial charge in [0.2, 0.25) is 0 Å². The monoisotopic (exact) mass is 488 g/mol. The molecule has 0 bridgehead atoms. The van der Waals surface area contributed by atoms with Gasteiger partial charge in [-0.25, -0.2) is 0 Å². The number of rotatable bonds is 8. The van der Waals surface area contributed by atoms with Crippen LogP contribution in [0.2, 0.25) is 5.02 Å². The first-order valence-electron chi connectivity index (χ1n) is 11.6.